The molecule has 0 aliphatic rings. The fourth-order valence-electron chi connectivity index (χ4n) is 2.68. The average Bonchev–Trinajstić information content (AvgIpc) is 3.14. The summed E-state index contributed by atoms with van der Waals surface area (Å²) in [5.41, 5.74) is 0.419. The fraction of sp³-hybridized carbons (Fsp3) is 0.150. The molecule has 27 heavy (non-hydrogen) atoms. The quantitative estimate of drug-likeness (QED) is 0.516. The van der Waals surface area contributed by atoms with E-state index in [2.05, 4.69) is 0 Å². The second-order valence-corrected chi connectivity index (χ2v) is 6.78. The van der Waals surface area contributed by atoms with Crippen molar-refractivity contribution in [3.63, 3.8) is 0 Å². The molecular formula is C20H15Cl2F2NO2. The van der Waals surface area contributed by atoms with Gasteiger partial charge in [-0.05, 0) is 42.8 Å². The Hall–Kier alpha value is -2.37. The fourth-order valence-corrected chi connectivity index (χ4v) is 3.13. The Morgan fingerprint density at radius 3 is 2.48 bits per heavy atom. The van der Waals surface area contributed by atoms with Crippen LogP contribution in [-0.2, 0) is 13.1 Å². The highest BCUT2D eigenvalue weighted by Crippen LogP contribution is 2.28. The lowest BCUT2D eigenvalue weighted by Gasteiger charge is -2.24. The van der Waals surface area contributed by atoms with Gasteiger partial charge in [0.15, 0.2) is 0 Å². The molecule has 2 aromatic carbocycles. The molecule has 0 spiro atoms. The molecule has 3 nitrogen and oxygen atoms in total. The van der Waals surface area contributed by atoms with Crippen molar-refractivity contribution in [3.05, 3.63) is 92.9 Å². The highest BCUT2D eigenvalue weighted by molar-refractivity contribution is 6.34. The largest absolute Gasteiger partial charge is 0.467 e. The van der Waals surface area contributed by atoms with Crippen molar-refractivity contribution in [3.8, 4) is 0 Å². The number of rotatable bonds is 5. The lowest BCUT2D eigenvalue weighted by atomic mass is 10.1. The lowest BCUT2D eigenvalue weighted by molar-refractivity contribution is 0.0711. The standard InChI is InChI=1S/C20H15Cl2F2NO2/c1-12-7-8-17(24)18(19(12)22)20(26)25(10-13-4-3-9-27-13)11-14-15(21)5-2-6-16(14)23/h2-9H,10-11H2,1H3. The number of carbonyl (C=O) groups is 1. The normalized spacial score (nSPS) is 10.9. The number of halogens is 4. The van der Waals surface area contributed by atoms with Gasteiger partial charge >= 0.3 is 0 Å². The molecule has 0 aliphatic heterocycles. The Balaban J connectivity index is 2.02. The van der Waals surface area contributed by atoms with E-state index in [0.29, 0.717) is 11.3 Å². The van der Waals surface area contributed by atoms with Crippen LogP contribution in [0, 0.1) is 18.6 Å². The number of hydrogen-bond acceptors (Lipinski definition) is 2. The molecule has 7 heteroatoms. The highest BCUT2D eigenvalue weighted by Gasteiger charge is 2.26. The van der Waals surface area contributed by atoms with Gasteiger partial charge in [-0.1, -0.05) is 35.3 Å². The predicted molar refractivity (Wildman–Crippen MR) is 99.8 cm³/mol. The number of hydrogen-bond donors (Lipinski definition) is 0. The minimum Gasteiger partial charge on any atom is -0.467 e. The third-order valence-electron chi connectivity index (χ3n) is 4.12. The first kappa shape index (κ1) is 19.4. The highest BCUT2D eigenvalue weighted by atomic mass is 35.5. The molecule has 0 radical (unpaired) electrons. The van der Waals surface area contributed by atoms with Crippen LogP contribution < -0.4 is 0 Å². The molecule has 3 aromatic rings. The van der Waals surface area contributed by atoms with Crippen molar-refractivity contribution in [2.45, 2.75) is 20.0 Å². The molecule has 0 aliphatic carbocycles. The van der Waals surface area contributed by atoms with Crippen molar-refractivity contribution in [1.82, 2.24) is 4.90 Å². The summed E-state index contributed by atoms with van der Waals surface area (Å²) in [5, 5.41) is 0.187. The summed E-state index contributed by atoms with van der Waals surface area (Å²) in [6.07, 6.45) is 1.45. The van der Waals surface area contributed by atoms with Gasteiger partial charge in [0.1, 0.15) is 17.4 Å². The number of benzene rings is 2. The number of aryl methyl sites for hydroxylation is 1. The molecule has 1 amide bonds. The van der Waals surface area contributed by atoms with Crippen molar-refractivity contribution in [2.75, 3.05) is 0 Å². The molecule has 0 unspecified atom stereocenters. The molecule has 1 heterocycles. The first-order valence-electron chi connectivity index (χ1n) is 8.07. The van der Waals surface area contributed by atoms with Gasteiger partial charge in [0.25, 0.3) is 5.91 Å². The van der Waals surface area contributed by atoms with Crippen LogP contribution in [0.5, 0.6) is 0 Å². The second-order valence-electron chi connectivity index (χ2n) is 5.99. The van der Waals surface area contributed by atoms with Crippen molar-refractivity contribution in [2.24, 2.45) is 0 Å². The van der Waals surface area contributed by atoms with E-state index >= 15 is 0 Å². The molecule has 0 atom stereocenters. The summed E-state index contributed by atoms with van der Waals surface area (Å²) in [7, 11) is 0. The van der Waals surface area contributed by atoms with Crippen LogP contribution >= 0.6 is 23.2 Å². The van der Waals surface area contributed by atoms with Crippen molar-refractivity contribution < 1.29 is 18.0 Å². The molecule has 3 rings (SSSR count). The summed E-state index contributed by atoms with van der Waals surface area (Å²) >= 11 is 12.3. The van der Waals surface area contributed by atoms with E-state index in [1.165, 1.54) is 41.5 Å². The maximum Gasteiger partial charge on any atom is 0.259 e. The first-order chi connectivity index (χ1) is 12.9. The molecule has 0 saturated heterocycles. The van der Waals surface area contributed by atoms with Crippen LogP contribution in [0.3, 0.4) is 0 Å². The van der Waals surface area contributed by atoms with Gasteiger partial charge in [0, 0.05) is 10.6 Å². The van der Waals surface area contributed by atoms with Gasteiger partial charge in [-0.25, -0.2) is 8.78 Å². The van der Waals surface area contributed by atoms with Crippen LogP contribution in [0.4, 0.5) is 8.78 Å². The second kappa shape index (κ2) is 8.11. The van der Waals surface area contributed by atoms with E-state index in [9.17, 15) is 13.6 Å². The maximum atomic E-state index is 14.4. The first-order valence-corrected chi connectivity index (χ1v) is 8.83. The van der Waals surface area contributed by atoms with Crippen LogP contribution in [0.25, 0.3) is 0 Å². The molecule has 1 aromatic heterocycles. The van der Waals surface area contributed by atoms with E-state index in [0.717, 1.165) is 0 Å². The maximum absolute atomic E-state index is 14.4. The van der Waals surface area contributed by atoms with Gasteiger partial charge in [0.2, 0.25) is 0 Å². The van der Waals surface area contributed by atoms with Crippen LogP contribution in [0.1, 0.15) is 27.2 Å². The van der Waals surface area contributed by atoms with Gasteiger partial charge in [-0.15, -0.1) is 0 Å². The van der Waals surface area contributed by atoms with Gasteiger partial charge < -0.3 is 9.32 Å². The zero-order valence-corrected chi connectivity index (χ0v) is 15.8. The average molecular weight is 410 g/mol. The van der Waals surface area contributed by atoms with E-state index in [1.54, 1.807) is 19.1 Å². The van der Waals surface area contributed by atoms with E-state index in [-0.39, 0.29) is 34.3 Å². The van der Waals surface area contributed by atoms with Crippen molar-refractivity contribution in [1.29, 1.82) is 0 Å². The Morgan fingerprint density at radius 2 is 1.81 bits per heavy atom. The molecule has 0 N–H and O–H groups in total. The van der Waals surface area contributed by atoms with Gasteiger partial charge in [-0.3, -0.25) is 4.79 Å². The minimum atomic E-state index is -0.750. The number of amides is 1. The topological polar surface area (TPSA) is 33.5 Å². The molecule has 0 fully saturated rings. The summed E-state index contributed by atoms with van der Waals surface area (Å²) in [5.74, 6) is -1.54. The summed E-state index contributed by atoms with van der Waals surface area (Å²) in [6, 6.07) is 10.2. The summed E-state index contributed by atoms with van der Waals surface area (Å²) < 4.78 is 33.9. The Bertz CT molecular complexity index is 954. The van der Waals surface area contributed by atoms with Crippen LogP contribution in [0.15, 0.2) is 53.1 Å². The summed E-state index contributed by atoms with van der Waals surface area (Å²) in [6.45, 7) is 1.50. The third-order valence-corrected chi connectivity index (χ3v) is 4.96. The lowest BCUT2D eigenvalue weighted by Crippen LogP contribution is -2.31. The monoisotopic (exact) mass is 409 g/mol. The molecule has 0 saturated carbocycles. The minimum absolute atomic E-state index is 0.000206. The zero-order valence-electron chi connectivity index (χ0n) is 14.3. The molecule has 0 bridgehead atoms. The van der Waals surface area contributed by atoms with Gasteiger partial charge in [0.05, 0.1) is 29.9 Å². The van der Waals surface area contributed by atoms with Gasteiger partial charge in [-0.2, -0.15) is 0 Å². The van der Waals surface area contributed by atoms with Crippen LogP contribution in [-0.4, -0.2) is 10.8 Å². The van der Waals surface area contributed by atoms with Crippen molar-refractivity contribution >= 4 is 29.1 Å². The van der Waals surface area contributed by atoms with Crippen LogP contribution in [0.2, 0.25) is 10.0 Å². The third kappa shape index (κ3) is 4.15. The predicted octanol–water partition coefficient (Wildman–Crippen LogP) is 6.02. The number of furan rings is 1. The molecular weight excluding hydrogens is 395 g/mol. The Morgan fingerprint density at radius 1 is 1.04 bits per heavy atom. The zero-order chi connectivity index (χ0) is 19.6. The van der Waals surface area contributed by atoms with E-state index < -0.39 is 17.5 Å². The Kier molecular flexibility index (Phi) is 5.82. The number of nitrogens with zero attached hydrogens (tertiary/aromatic N) is 1. The van der Waals surface area contributed by atoms with E-state index in [1.807, 2.05) is 0 Å². The molecule has 140 valence electrons. The SMILES string of the molecule is Cc1ccc(F)c(C(=O)N(Cc2ccco2)Cc2c(F)cccc2Cl)c1Cl. The van der Waals surface area contributed by atoms with E-state index in [4.69, 9.17) is 27.6 Å². The Labute approximate surface area is 165 Å². The number of carbonyl (C=O) groups excluding carboxylic acids is 1. The summed E-state index contributed by atoms with van der Waals surface area (Å²) in [4.78, 5) is 14.3. The smallest absolute Gasteiger partial charge is 0.259 e.